The molecule has 0 spiro atoms. The van der Waals surface area contributed by atoms with Crippen LogP contribution in [0.4, 0.5) is 8.78 Å². The number of pyridine rings is 1. The second-order valence-corrected chi connectivity index (χ2v) is 6.38. The van der Waals surface area contributed by atoms with Crippen LogP contribution in [0.2, 0.25) is 0 Å². The van der Waals surface area contributed by atoms with Crippen molar-refractivity contribution in [3.8, 4) is 0 Å². The summed E-state index contributed by atoms with van der Waals surface area (Å²) < 4.78 is 28.6. The van der Waals surface area contributed by atoms with Crippen LogP contribution in [0, 0.1) is 24.5 Å². The number of hydrogen-bond donors (Lipinski definition) is 1. The zero-order valence-corrected chi connectivity index (χ0v) is 13.8. The predicted molar refractivity (Wildman–Crippen MR) is 87.9 cm³/mol. The summed E-state index contributed by atoms with van der Waals surface area (Å²) in [5.74, 6) is -3.31. The molecule has 1 aliphatic rings. The van der Waals surface area contributed by atoms with Crippen LogP contribution in [0.5, 0.6) is 0 Å². The molecule has 0 radical (unpaired) electrons. The van der Waals surface area contributed by atoms with Gasteiger partial charge in [0.15, 0.2) is 0 Å². The second-order valence-electron chi connectivity index (χ2n) is 6.38. The highest BCUT2D eigenvalue weighted by Crippen LogP contribution is 2.35. The van der Waals surface area contributed by atoms with E-state index < -0.39 is 23.5 Å². The Morgan fingerprint density at radius 1 is 1.32 bits per heavy atom. The number of aryl methyl sites for hydroxylation is 1. The monoisotopic (exact) mass is 344 g/mol. The van der Waals surface area contributed by atoms with Crippen molar-refractivity contribution in [3.05, 3.63) is 65.0 Å². The van der Waals surface area contributed by atoms with E-state index in [-0.39, 0.29) is 36.6 Å². The number of nitrogens with one attached hydrogen (secondary N) is 1. The number of rotatable bonds is 5. The van der Waals surface area contributed by atoms with Crippen LogP contribution in [0.25, 0.3) is 0 Å². The summed E-state index contributed by atoms with van der Waals surface area (Å²) in [5.41, 5.74) is 1.10. The Morgan fingerprint density at radius 2 is 2.04 bits per heavy atom. The molecule has 1 aromatic carbocycles. The number of carbonyl (C=O) groups excluding carboxylic acids is 2. The first-order chi connectivity index (χ1) is 12.0. The largest absolute Gasteiger partial charge is 0.355 e. The molecule has 25 heavy (non-hydrogen) atoms. The van der Waals surface area contributed by atoms with Crippen LogP contribution < -0.4 is 5.32 Å². The van der Waals surface area contributed by atoms with Gasteiger partial charge in [-0.2, -0.15) is 0 Å². The fourth-order valence-electron chi connectivity index (χ4n) is 3.32. The van der Waals surface area contributed by atoms with Gasteiger partial charge in [-0.3, -0.25) is 14.6 Å². The van der Waals surface area contributed by atoms with E-state index in [2.05, 4.69) is 10.3 Å². The number of ketones is 1. The van der Waals surface area contributed by atoms with E-state index in [1.165, 1.54) is 12.1 Å². The van der Waals surface area contributed by atoms with Gasteiger partial charge in [0.1, 0.15) is 17.4 Å². The third-order valence-electron chi connectivity index (χ3n) is 4.48. The lowest BCUT2D eigenvalue weighted by atomic mass is 9.83. The van der Waals surface area contributed by atoms with E-state index in [4.69, 9.17) is 0 Å². The van der Waals surface area contributed by atoms with Gasteiger partial charge in [-0.05, 0) is 36.2 Å². The topological polar surface area (TPSA) is 59.1 Å². The lowest BCUT2D eigenvalue weighted by Gasteiger charge is -2.18. The third kappa shape index (κ3) is 3.73. The Labute approximate surface area is 144 Å². The van der Waals surface area contributed by atoms with Crippen molar-refractivity contribution in [3.63, 3.8) is 0 Å². The van der Waals surface area contributed by atoms with Crippen molar-refractivity contribution in [1.29, 1.82) is 0 Å². The molecule has 1 N–H and O–H groups in total. The number of hydrogen-bond acceptors (Lipinski definition) is 3. The zero-order valence-electron chi connectivity index (χ0n) is 13.8. The molecule has 1 aromatic heterocycles. The van der Waals surface area contributed by atoms with Crippen LogP contribution in [-0.4, -0.2) is 23.2 Å². The average Bonchev–Trinajstić information content (AvgIpc) is 2.88. The molecule has 4 nitrogen and oxygen atoms in total. The van der Waals surface area contributed by atoms with Crippen molar-refractivity contribution >= 4 is 11.7 Å². The maximum atomic E-state index is 14.3. The fraction of sp³-hybridized carbons (Fsp3) is 0.316. The van der Waals surface area contributed by atoms with E-state index in [9.17, 15) is 18.4 Å². The van der Waals surface area contributed by atoms with Crippen molar-refractivity contribution < 1.29 is 18.4 Å². The van der Waals surface area contributed by atoms with E-state index >= 15 is 0 Å². The molecule has 2 atom stereocenters. The molecule has 0 aliphatic carbocycles. The molecule has 1 amide bonds. The molecule has 1 aliphatic heterocycles. The lowest BCUT2D eigenvalue weighted by molar-refractivity contribution is -0.127. The first kappa shape index (κ1) is 17.2. The molecule has 130 valence electrons. The molecule has 3 rings (SSSR count). The Balaban J connectivity index is 1.80. The molecule has 2 aromatic rings. The summed E-state index contributed by atoms with van der Waals surface area (Å²) in [6, 6.07) is 5.99. The molecular formula is C19H18F2N2O2. The van der Waals surface area contributed by atoms with Gasteiger partial charge in [0.2, 0.25) is 5.91 Å². The lowest BCUT2D eigenvalue weighted by Crippen LogP contribution is -2.23. The first-order valence-electron chi connectivity index (χ1n) is 8.09. The number of benzene rings is 1. The Kier molecular flexibility index (Phi) is 4.88. The summed E-state index contributed by atoms with van der Waals surface area (Å²) >= 11 is 0. The minimum absolute atomic E-state index is 0.0574. The second kappa shape index (κ2) is 7.09. The van der Waals surface area contributed by atoms with Crippen molar-refractivity contribution in [1.82, 2.24) is 10.3 Å². The highest BCUT2D eigenvalue weighted by molar-refractivity contribution is 5.90. The first-order valence-corrected chi connectivity index (χ1v) is 8.09. The number of carbonyl (C=O) groups is 2. The number of Topliss-reactive ketones (excluding diaryl/α,β-unsaturated/α-hetero) is 1. The molecule has 0 saturated carbocycles. The third-order valence-corrected chi connectivity index (χ3v) is 4.48. The minimum Gasteiger partial charge on any atom is -0.355 e. The van der Waals surface area contributed by atoms with Gasteiger partial charge < -0.3 is 5.32 Å². The zero-order chi connectivity index (χ0) is 18.0. The molecule has 1 saturated heterocycles. The predicted octanol–water partition coefficient (Wildman–Crippen LogP) is 2.70. The van der Waals surface area contributed by atoms with E-state index in [0.717, 1.165) is 5.56 Å². The Hall–Kier alpha value is -2.63. The van der Waals surface area contributed by atoms with E-state index in [0.29, 0.717) is 5.56 Å². The maximum absolute atomic E-state index is 14.3. The minimum atomic E-state index is -0.768. The smallest absolute Gasteiger partial charge is 0.224 e. The van der Waals surface area contributed by atoms with Crippen molar-refractivity contribution in [2.24, 2.45) is 5.92 Å². The number of nitrogens with zero attached hydrogens (tertiary/aromatic N) is 1. The van der Waals surface area contributed by atoms with Gasteiger partial charge >= 0.3 is 0 Å². The Morgan fingerprint density at radius 3 is 2.68 bits per heavy atom. The van der Waals surface area contributed by atoms with E-state index in [1.807, 2.05) is 0 Å². The van der Waals surface area contributed by atoms with Crippen LogP contribution >= 0.6 is 0 Å². The molecule has 6 heteroatoms. The molecule has 1 fully saturated rings. The SMILES string of the molecule is Cc1cc(F)c([C@@H]2CNC(=O)[C@H]2CC(=O)Cc2cccnc2)c(F)c1. The number of amides is 1. The summed E-state index contributed by atoms with van der Waals surface area (Å²) in [4.78, 5) is 28.4. The highest BCUT2D eigenvalue weighted by Gasteiger charge is 2.39. The van der Waals surface area contributed by atoms with Crippen LogP contribution in [0.1, 0.15) is 29.0 Å². The van der Waals surface area contributed by atoms with Gasteiger partial charge in [-0.1, -0.05) is 6.07 Å². The molecule has 0 bridgehead atoms. The number of aromatic nitrogens is 1. The summed E-state index contributed by atoms with van der Waals surface area (Å²) in [5, 5.41) is 2.62. The number of halogens is 2. The standard InChI is InChI=1S/C19H18F2N2O2/c1-11-5-16(20)18(17(21)6-11)15-10-23-19(25)14(15)8-13(24)7-12-3-2-4-22-9-12/h2-6,9,14-15H,7-8,10H2,1H3,(H,23,25)/t14-,15+/m0/s1. The van der Waals surface area contributed by atoms with Crippen LogP contribution in [0.3, 0.4) is 0 Å². The summed E-state index contributed by atoms with van der Waals surface area (Å²) in [6.45, 7) is 1.73. The van der Waals surface area contributed by atoms with Crippen LogP contribution in [-0.2, 0) is 16.0 Å². The van der Waals surface area contributed by atoms with Gasteiger partial charge in [-0.25, -0.2) is 8.78 Å². The quantitative estimate of drug-likeness (QED) is 0.907. The van der Waals surface area contributed by atoms with Gasteiger partial charge in [0, 0.05) is 43.3 Å². The molecule has 0 unspecified atom stereocenters. The normalized spacial score (nSPS) is 19.7. The summed E-state index contributed by atoms with van der Waals surface area (Å²) in [6.07, 6.45) is 3.28. The Bertz CT molecular complexity index is 785. The van der Waals surface area contributed by atoms with Crippen LogP contribution in [0.15, 0.2) is 36.7 Å². The van der Waals surface area contributed by atoms with Gasteiger partial charge in [0.05, 0.1) is 5.92 Å². The fourth-order valence-corrected chi connectivity index (χ4v) is 3.32. The van der Waals surface area contributed by atoms with Gasteiger partial charge in [0.25, 0.3) is 0 Å². The molecule has 2 heterocycles. The average molecular weight is 344 g/mol. The highest BCUT2D eigenvalue weighted by atomic mass is 19.1. The maximum Gasteiger partial charge on any atom is 0.224 e. The summed E-state index contributed by atoms with van der Waals surface area (Å²) in [7, 11) is 0. The van der Waals surface area contributed by atoms with Crippen molar-refractivity contribution in [2.45, 2.75) is 25.7 Å². The van der Waals surface area contributed by atoms with Gasteiger partial charge in [-0.15, -0.1) is 0 Å². The molecular weight excluding hydrogens is 326 g/mol. The van der Waals surface area contributed by atoms with E-state index in [1.54, 1.807) is 31.5 Å². The van der Waals surface area contributed by atoms with Crippen molar-refractivity contribution in [2.75, 3.05) is 6.54 Å².